The Labute approximate surface area is 219 Å². The number of morpholine rings is 1. The zero-order valence-corrected chi connectivity index (χ0v) is 21.7. The molecule has 2 aromatic heterocycles. The topological polar surface area (TPSA) is 86.0 Å². The van der Waals surface area contributed by atoms with Crippen LogP contribution in [0.25, 0.3) is 10.9 Å². The van der Waals surface area contributed by atoms with Crippen molar-refractivity contribution in [2.24, 2.45) is 0 Å². The van der Waals surface area contributed by atoms with Crippen molar-refractivity contribution >= 4 is 33.8 Å². The molecule has 3 saturated heterocycles. The molecule has 6 rings (SSSR count). The van der Waals surface area contributed by atoms with E-state index in [4.69, 9.17) is 15.5 Å². The van der Waals surface area contributed by atoms with Crippen LogP contribution in [-0.2, 0) is 4.74 Å². The third kappa shape index (κ3) is 5.30. The van der Waals surface area contributed by atoms with Gasteiger partial charge in [-0.1, -0.05) is 0 Å². The predicted molar refractivity (Wildman–Crippen MR) is 151 cm³/mol. The van der Waals surface area contributed by atoms with E-state index < -0.39 is 0 Å². The predicted octanol–water partition coefficient (Wildman–Crippen LogP) is 2.04. The monoisotopic (exact) mass is 502 g/mol. The molecule has 2 atom stereocenters. The van der Waals surface area contributed by atoms with Gasteiger partial charge in [0.05, 0.1) is 35.3 Å². The molecule has 3 aliphatic rings. The van der Waals surface area contributed by atoms with Gasteiger partial charge in [0.1, 0.15) is 5.82 Å². The lowest BCUT2D eigenvalue weighted by molar-refractivity contribution is -0.0327. The van der Waals surface area contributed by atoms with Crippen LogP contribution in [0.3, 0.4) is 0 Å². The largest absolute Gasteiger partial charge is 0.397 e. The Morgan fingerprint density at radius 3 is 2.54 bits per heavy atom. The second-order valence-corrected chi connectivity index (χ2v) is 10.4. The van der Waals surface area contributed by atoms with Crippen molar-refractivity contribution in [3.05, 3.63) is 48.8 Å². The van der Waals surface area contributed by atoms with Crippen molar-refractivity contribution in [1.82, 2.24) is 20.2 Å². The Bertz CT molecular complexity index is 1190. The number of aromatic nitrogens is 2. The Morgan fingerprint density at radius 2 is 1.76 bits per heavy atom. The normalized spacial score (nSPS) is 23.5. The van der Waals surface area contributed by atoms with E-state index in [1.807, 2.05) is 24.5 Å². The average Bonchev–Trinajstić information content (AvgIpc) is 2.94. The van der Waals surface area contributed by atoms with E-state index in [0.29, 0.717) is 0 Å². The zero-order valence-electron chi connectivity index (χ0n) is 21.7. The van der Waals surface area contributed by atoms with E-state index in [0.717, 1.165) is 94.4 Å². The Kier molecular flexibility index (Phi) is 6.99. The van der Waals surface area contributed by atoms with Crippen LogP contribution >= 0.6 is 0 Å². The molecule has 3 aromatic rings. The fraction of sp³-hybridized carbons (Fsp3) is 0.500. The highest BCUT2D eigenvalue weighted by Crippen LogP contribution is 2.31. The molecular formula is C28H38N8O. The van der Waals surface area contributed by atoms with Crippen molar-refractivity contribution in [1.29, 1.82) is 0 Å². The Hall–Kier alpha value is -3.14. The zero-order chi connectivity index (χ0) is 25.2. The molecule has 0 bridgehead atoms. The van der Waals surface area contributed by atoms with Gasteiger partial charge in [-0.05, 0) is 43.3 Å². The van der Waals surface area contributed by atoms with E-state index in [1.165, 1.54) is 11.4 Å². The van der Waals surface area contributed by atoms with Crippen LogP contribution in [0.4, 0.5) is 22.9 Å². The molecule has 3 fully saturated rings. The molecule has 9 heteroatoms. The molecule has 5 heterocycles. The van der Waals surface area contributed by atoms with Crippen LogP contribution in [0, 0.1) is 0 Å². The molecule has 0 amide bonds. The number of nitrogens with zero attached hydrogens (tertiary/aromatic N) is 6. The van der Waals surface area contributed by atoms with Crippen LogP contribution < -0.4 is 25.8 Å². The lowest BCUT2D eigenvalue weighted by Crippen LogP contribution is -2.54. The number of nitrogens with two attached hydrogens (primary N) is 1. The summed E-state index contributed by atoms with van der Waals surface area (Å²) in [6.45, 7) is 13.0. The number of fused-ring (bicyclic) bond motifs is 1. The molecule has 196 valence electrons. The van der Waals surface area contributed by atoms with Gasteiger partial charge < -0.3 is 30.5 Å². The quantitative estimate of drug-likeness (QED) is 0.509. The first-order valence-corrected chi connectivity index (χ1v) is 13.6. The van der Waals surface area contributed by atoms with Crippen molar-refractivity contribution in [2.45, 2.75) is 19.1 Å². The van der Waals surface area contributed by atoms with Crippen molar-refractivity contribution in [3.8, 4) is 0 Å². The maximum Gasteiger partial charge on any atom is 0.128 e. The first-order chi connectivity index (χ1) is 18.1. The van der Waals surface area contributed by atoms with Crippen molar-refractivity contribution in [3.63, 3.8) is 0 Å². The first-order valence-electron chi connectivity index (χ1n) is 13.6. The van der Waals surface area contributed by atoms with Crippen molar-refractivity contribution in [2.75, 3.05) is 92.4 Å². The highest BCUT2D eigenvalue weighted by atomic mass is 16.5. The smallest absolute Gasteiger partial charge is 0.128 e. The minimum Gasteiger partial charge on any atom is -0.397 e. The highest BCUT2D eigenvalue weighted by Gasteiger charge is 2.29. The van der Waals surface area contributed by atoms with Crippen LogP contribution in [0.1, 0.15) is 6.92 Å². The van der Waals surface area contributed by atoms with Crippen LogP contribution in [0.15, 0.2) is 48.8 Å². The molecule has 0 spiro atoms. The van der Waals surface area contributed by atoms with Gasteiger partial charge in [0.15, 0.2) is 0 Å². The second kappa shape index (κ2) is 10.7. The van der Waals surface area contributed by atoms with E-state index in [2.05, 4.69) is 61.1 Å². The number of pyridine rings is 2. The van der Waals surface area contributed by atoms with Gasteiger partial charge in [-0.2, -0.15) is 0 Å². The third-order valence-electron chi connectivity index (χ3n) is 7.82. The molecular weight excluding hydrogens is 464 g/mol. The lowest BCUT2D eigenvalue weighted by atomic mass is 10.1. The second-order valence-electron chi connectivity index (χ2n) is 10.4. The number of nitrogen functional groups attached to an aromatic ring is 1. The molecule has 3 N–H and O–H groups in total. The molecule has 0 radical (unpaired) electrons. The lowest BCUT2D eigenvalue weighted by Gasteiger charge is -2.42. The van der Waals surface area contributed by atoms with Crippen LogP contribution in [0.5, 0.6) is 0 Å². The molecule has 9 nitrogen and oxygen atoms in total. The maximum absolute atomic E-state index is 6.40. The van der Waals surface area contributed by atoms with E-state index in [9.17, 15) is 0 Å². The minimum absolute atomic E-state index is 0.163. The fourth-order valence-corrected chi connectivity index (χ4v) is 5.92. The van der Waals surface area contributed by atoms with Gasteiger partial charge >= 0.3 is 0 Å². The van der Waals surface area contributed by atoms with Gasteiger partial charge in [-0.3, -0.25) is 9.88 Å². The minimum atomic E-state index is 0.163. The Balaban J connectivity index is 1.06. The summed E-state index contributed by atoms with van der Waals surface area (Å²) in [4.78, 5) is 19.1. The van der Waals surface area contributed by atoms with Gasteiger partial charge in [0.25, 0.3) is 0 Å². The summed E-state index contributed by atoms with van der Waals surface area (Å²) in [5.74, 6) is 1.08. The number of hydrogen-bond acceptors (Lipinski definition) is 9. The van der Waals surface area contributed by atoms with Gasteiger partial charge in [-0.25, -0.2) is 4.98 Å². The summed E-state index contributed by atoms with van der Waals surface area (Å²) in [6, 6.07) is 12.6. The molecule has 3 aliphatic heterocycles. The molecule has 0 unspecified atom stereocenters. The number of nitrogens with one attached hydrogen (secondary N) is 1. The number of ether oxygens (including phenoxy) is 1. The van der Waals surface area contributed by atoms with Gasteiger partial charge in [-0.15, -0.1) is 0 Å². The number of benzene rings is 1. The number of anilines is 4. The molecule has 1 aromatic carbocycles. The maximum atomic E-state index is 6.40. The molecule has 37 heavy (non-hydrogen) atoms. The number of rotatable bonds is 5. The summed E-state index contributed by atoms with van der Waals surface area (Å²) in [6.07, 6.45) is 4.18. The summed E-state index contributed by atoms with van der Waals surface area (Å²) < 4.78 is 6.40. The number of piperazine rings is 2. The molecule has 0 saturated carbocycles. The van der Waals surface area contributed by atoms with E-state index in [1.54, 1.807) is 0 Å². The summed E-state index contributed by atoms with van der Waals surface area (Å²) in [5.41, 5.74) is 10.2. The number of hydrogen-bond donors (Lipinski definition) is 2. The summed E-state index contributed by atoms with van der Waals surface area (Å²) in [5, 5.41) is 4.52. The molecule has 0 aliphatic carbocycles. The van der Waals surface area contributed by atoms with Crippen LogP contribution in [-0.4, -0.2) is 99.1 Å². The average molecular weight is 503 g/mol. The highest BCUT2D eigenvalue weighted by molar-refractivity contribution is 5.98. The van der Waals surface area contributed by atoms with Gasteiger partial charge in [0, 0.05) is 89.3 Å². The van der Waals surface area contributed by atoms with Crippen LogP contribution in [0.2, 0.25) is 0 Å². The van der Waals surface area contributed by atoms with E-state index in [-0.39, 0.29) is 12.2 Å². The first kappa shape index (κ1) is 24.2. The SMILES string of the molecule is C[C@@H]1CN(c2ccc(N)c3ncccc23)C[C@H](CN2CCN(c3ccc(N4CCNCC4)cn3)CC2)O1. The third-order valence-corrected chi connectivity index (χ3v) is 7.82. The van der Waals surface area contributed by atoms with E-state index >= 15 is 0 Å². The standard InChI is InChI=1S/C28H38N8O/c1-21-18-36(26-6-5-25(29)28-24(26)3-2-8-31-28)20-23(37-21)19-33-13-15-35(16-14-33)27-7-4-22(17-32-27)34-11-9-30-10-12-34/h2-8,17,21,23,30H,9-16,18-20,29H2,1H3/t21-,23+/m1/s1. The summed E-state index contributed by atoms with van der Waals surface area (Å²) in [7, 11) is 0. The Morgan fingerprint density at radius 1 is 0.919 bits per heavy atom. The fourth-order valence-electron chi connectivity index (χ4n) is 5.92. The van der Waals surface area contributed by atoms with Crippen molar-refractivity contribution < 1.29 is 4.74 Å². The summed E-state index contributed by atoms with van der Waals surface area (Å²) >= 11 is 0. The van der Waals surface area contributed by atoms with Gasteiger partial charge in [0.2, 0.25) is 0 Å².